The van der Waals surface area contributed by atoms with E-state index in [0.29, 0.717) is 26.1 Å². The highest BCUT2D eigenvalue weighted by Crippen LogP contribution is 2.38. The summed E-state index contributed by atoms with van der Waals surface area (Å²) in [7, 11) is 0. The lowest BCUT2D eigenvalue weighted by atomic mass is 9.99. The zero-order valence-electron chi connectivity index (χ0n) is 20.6. The van der Waals surface area contributed by atoms with E-state index in [1.54, 1.807) is 0 Å². The number of carbonyl (C=O) groups is 1. The number of ether oxygens (including phenoxy) is 2. The molecule has 3 aromatic rings. The van der Waals surface area contributed by atoms with Gasteiger partial charge >= 0.3 is 0 Å². The predicted molar refractivity (Wildman–Crippen MR) is 131 cm³/mol. The Balaban J connectivity index is 1.33. The van der Waals surface area contributed by atoms with Crippen molar-refractivity contribution in [1.82, 2.24) is 19.7 Å². The summed E-state index contributed by atoms with van der Waals surface area (Å²) in [5.41, 5.74) is 5.39. The number of amides is 1. The van der Waals surface area contributed by atoms with Crippen molar-refractivity contribution >= 4 is 16.9 Å². The molecule has 0 bridgehead atoms. The Morgan fingerprint density at radius 2 is 1.94 bits per heavy atom. The van der Waals surface area contributed by atoms with Crippen LogP contribution >= 0.6 is 0 Å². The normalized spacial score (nSPS) is 18.0. The molecule has 0 aliphatic carbocycles. The second kappa shape index (κ2) is 9.28. The monoisotopic (exact) mass is 462 g/mol. The third-order valence-electron chi connectivity index (χ3n) is 7.14. The van der Waals surface area contributed by atoms with E-state index in [2.05, 4.69) is 38.0 Å². The Labute approximate surface area is 201 Å². The Morgan fingerprint density at radius 3 is 2.74 bits per heavy atom. The molecule has 2 aliphatic heterocycles. The van der Waals surface area contributed by atoms with Crippen LogP contribution in [0.5, 0.6) is 11.5 Å². The molecule has 0 radical (unpaired) electrons. The third kappa shape index (κ3) is 4.12. The molecule has 4 heterocycles. The number of pyridine rings is 1. The van der Waals surface area contributed by atoms with Crippen molar-refractivity contribution in [3.05, 3.63) is 46.8 Å². The van der Waals surface area contributed by atoms with Gasteiger partial charge in [0, 0.05) is 36.5 Å². The molecule has 0 saturated carbocycles. The summed E-state index contributed by atoms with van der Waals surface area (Å²) >= 11 is 0. The molecule has 1 aromatic carbocycles. The van der Waals surface area contributed by atoms with Crippen LogP contribution in [0.25, 0.3) is 11.0 Å². The fourth-order valence-electron chi connectivity index (χ4n) is 5.31. The van der Waals surface area contributed by atoms with E-state index in [-0.39, 0.29) is 18.0 Å². The van der Waals surface area contributed by atoms with Gasteiger partial charge in [-0.15, -0.1) is 0 Å². The molecule has 2 aliphatic rings. The maximum Gasteiger partial charge on any atom is 0.223 e. The number of likely N-dealkylation sites (tertiary alicyclic amines) is 1. The molecule has 2 aromatic heterocycles. The molecule has 180 valence electrons. The summed E-state index contributed by atoms with van der Waals surface area (Å²) in [6.45, 7) is 10.5. The minimum absolute atomic E-state index is 0.0942. The van der Waals surface area contributed by atoms with Gasteiger partial charge in [0.05, 0.1) is 25.5 Å². The van der Waals surface area contributed by atoms with E-state index >= 15 is 0 Å². The van der Waals surface area contributed by atoms with Gasteiger partial charge < -0.3 is 14.4 Å². The van der Waals surface area contributed by atoms with Crippen molar-refractivity contribution in [2.75, 3.05) is 19.8 Å². The van der Waals surface area contributed by atoms with Crippen LogP contribution in [0.2, 0.25) is 0 Å². The molecule has 34 heavy (non-hydrogen) atoms. The molecule has 0 unspecified atom stereocenters. The van der Waals surface area contributed by atoms with Crippen molar-refractivity contribution in [2.24, 2.45) is 0 Å². The average Bonchev–Trinajstić information content (AvgIpc) is 3.40. The van der Waals surface area contributed by atoms with E-state index in [9.17, 15) is 4.79 Å². The van der Waals surface area contributed by atoms with E-state index in [1.807, 2.05) is 28.8 Å². The number of benzene rings is 1. The zero-order chi connectivity index (χ0) is 23.8. The quantitative estimate of drug-likeness (QED) is 0.528. The van der Waals surface area contributed by atoms with Gasteiger partial charge in [-0.2, -0.15) is 5.10 Å². The van der Waals surface area contributed by atoms with Gasteiger partial charge in [-0.05, 0) is 75.8 Å². The Hall–Kier alpha value is -3.09. The fourth-order valence-corrected chi connectivity index (χ4v) is 5.31. The molecule has 0 spiro atoms. The molecule has 1 amide bonds. The van der Waals surface area contributed by atoms with E-state index in [4.69, 9.17) is 14.5 Å². The van der Waals surface area contributed by atoms with Gasteiger partial charge in [-0.25, -0.2) is 9.67 Å². The number of hydrogen-bond donors (Lipinski definition) is 0. The first-order valence-electron chi connectivity index (χ1n) is 12.5. The van der Waals surface area contributed by atoms with Gasteiger partial charge in [0.1, 0.15) is 0 Å². The lowest BCUT2D eigenvalue weighted by molar-refractivity contribution is -0.132. The van der Waals surface area contributed by atoms with Gasteiger partial charge in [-0.1, -0.05) is 6.07 Å². The summed E-state index contributed by atoms with van der Waals surface area (Å²) in [4.78, 5) is 20.3. The highest BCUT2D eigenvalue weighted by atomic mass is 16.5. The number of aryl methyl sites for hydroxylation is 2. The highest BCUT2D eigenvalue weighted by molar-refractivity contribution is 5.81. The number of fused-ring (bicyclic) bond motifs is 2. The van der Waals surface area contributed by atoms with Crippen LogP contribution in [0.3, 0.4) is 0 Å². The third-order valence-corrected chi connectivity index (χ3v) is 7.14. The van der Waals surface area contributed by atoms with Crippen LogP contribution in [0.4, 0.5) is 0 Å². The van der Waals surface area contributed by atoms with E-state index < -0.39 is 0 Å². The van der Waals surface area contributed by atoms with Crippen LogP contribution in [0.1, 0.15) is 74.0 Å². The average molecular weight is 463 g/mol. The maximum absolute atomic E-state index is 13.4. The second-order valence-electron chi connectivity index (χ2n) is 9.72. The number of hydrogen-bond acceptors (Lipinski definition) is 5. The minimum Gasteiger partial charge on any atom is -0.490 e. The molecule has 0 N–H and O–H groups in total. The number of carbonyl (C=O) groups excluding carboxylic acids is 1. The molecule has 1 atom stereocenters. The van der Waals surface area contributed by atoms with Crippen LogP contribution in [0.15, 0.2) is 24.4 Å². The highest BCUT2D eigenvalue weighted by Gasteiger charge is 2.31. The molecular formula is C27H34N4O3. The van der Waals surface area contributed by atoms with Crippen molar-refractivity contribution < 1.29 is 14.3 Å². The Kier molecular flexibility index (Phi) is 6.19. The summed E-state index contributed by atoms with van der Waals surface area (Å²) < 4.78 is 13.6. The van der Waals surface area contributed by atoms with Crippen LogP contribution in [0, 0.1) is 13.8 Å². The van der Waals surface area contributed by atoms with Gasteiger partial charge in [0.15, 0.2) is 17.1 Å². The van der Waals surface area contributed by atoms with E-state index in [0.717, 1.165) is 65.2 Å². The van der Waals surface area contributed by atoms with Gasteiger partial charge in [0.2, 0.25) is 5.91 Å². The van der Waals surface area contributed by atoms with Gasteiger partial charge in [-0.3, -0.25) is 4.79 Å². The van der Waals surface area contributed by atoms with Crippen LogP contribution in [-0.2, 0) is 11.2 Å². The number of aromatic nitrogens is 3. The lowest BCUT2D eigenvalue weighted by Crippen LogP contribution is -2.30. The smallest absolute Gasteiger partial charge is 0.223 e. The number of nitrogens with zero attached hydrogens (tertiary/aromatic N) is 4. The summed E-state index contributed by atoms with van der Waals surface area (Å²) in [6.07, 6.45) is 5.96. The molecule has 7 heteroatoms. The summed E-state index contributed by atoms with van der Waals surface area (Å²) in [5.74, 6) is 1.79. The SMILES string of the molecule is Cc1nc2c(cnn2C(C)C)c(C)c1CCC(=O)N1CCC[C@@H]1c1ccc2c(c1)OCCCO2. The fraction of sp³-hybridized carbons (Fsp3) is 0.519. The first-order chi connectivity index (χ1) is 16.4. The Morgan fingerprint density at radius 1 is 1.15 bits per heavy atom. The molecule has 1 fully saturated rings. The number of rotatable bonds is 5. The molecule has 5 rings (SSSR count). The summed E-state index contributed by atoms with van der Waals surface area (Å²) in [5, 5.41) is 5.61. The first-order valence-corrected chi connectivity index (χ1v) is 12.5. The minimum atomic E-state index is 0.0942. The van der Waals surface area contributed by atoms with Crippen LogP contribution < -0.4 is 9.47 Å². The molecular weight excluding hydrogens is 428 g/mol. The Bertz CT molecular complexity index is 1220. The summed E-state index contributed by atoms with van der Waals surface area (Å²) in [6, 6.07) is 6.49. The van der Waals surface area contributed by atoms with Crippen molar-refractivity contribution in [3.8, 4) is 11.5 Å². The topological polar surface area (TPSA) is 69.5 Å². The first kappa shape index (κ1) is 22.7. The van der Waals surface area contributed by atoms with Gasteiger partial charge in [0.25, 0.3) is 0 Å². The molecule has 7 nitrogen and oxygen atoms in total. The molecule has 1 saturated heterocycles. The zero-order valence-corrected chi connectivity index (χ0v) is 20.6. The standard InChI is InChI=1S/C27H34N4O3/c1-17(2)31-27-22(16-28-31)18(3)21(19(4)29-27)9-11-26(32)30-12-5-7-23(30)20-8-10-24-25(15-20)34-14-6-13-33-24/h8,10,15-17,23H,5-7,9,11-14H2,1-4H3/t23-/m1/s1. The van der Waals surface area contributed by atoms with Crippen LogP contribution in [-0.4, -0.2) is 45.3 Å². The van der Waals surface area contributed by atoms with Crippen molar-refractivity contribution in [3.63, 3.8) is 0 Å². The maximum atomic E-state index is 13.4. The lowest BCUT2D eigenvalue weighted by Gasteiger charge is -2.26. The largest absolute Gasteiger partial charge is 0.490 e. The van der Waals surface area contributed by atoms with E-state index in [1.165, 1.54) is 5.56 Å². The van der Waals surface area contributed by atoms with Crippen molar-refractivity contribution in [2.45, 2.75) is 71.9 Å². The predicted octanol–water partition coefficient (Wildman–Crippen LogP) is 5.09. The second-order valence-corrected chi connectivity index (χ2v) is 9.72. The van der Waals surface area contributed by atoms with Crippen molar-refractivity contribution in [1.29, 1.82) is 0 Å².